The van der Waals surface area contributed by atoms with Crippen LogP contribution in [0, 0.1) is 0 Å². The minimum absolute atomic E-state index is 0.0147. The number of pyridine rings is 2. The number of Topliss-reactive ketones (excluding diaryl/α,β-unsaturated/α-hetero) is 1. The number of hydrogen-bond acceptors (Lipinski definition) is 6. The smallest absolute Gasteiger partial charge is 0.343 e. The van der Waals surface area contributed by atoms with Crippen LogP contribution in [0.1, 0.15) is 61.8 Å². The molecule has 1 aromatic carbocycles. The largest absolute Gasteiger partial charge is 0.458 e. The molecule has 2 aliphatic rings. The zero-order valence-corrected chi connectivity index (χ0v) is 19.4. The summed E-state index contributed by atoms with van der Waals surface area (Å²) in [7, 11) is 0. The van der Waals surface area contributed by atoms with Crippen molar-refractivity contribution in [1.82, 2.24) is 9.55 Å². The Kier molecular flexibility index (Phi) is 5.36. The van der Waals surface area contributed by atoms with Gasteiger partial charge >= 0.3 is 5.97 Å². The number of benzene rings is 1. The lowest BCUT2D eigenvalue weighted by molar-refractivity contribution is -0.172. The number of fused-ring (bicyclic) bond motifs is 5. The number of rotatable bonds is 6. The molecule has 0 saturated carbocycles. The van der Waals surface area contributed by atoms with Crippen LogP contribution in [0.2, 0.25) is 0 Å². The Labute approximate surface area is 199 Å². The lowest BCUT2D eigenvalue weighted by Gasteiger charge is -2.31. The van der Waals surface area contributed by atoms with Crippen LogP contribution in [0.25, 0.3) is 22.3 Å². The first-order valence-corrected chi connectivity index (χ1v) is 11.5. The molecule has 0 aliphatic carbocycles. The number of hydrogen-bond donors (Lipinski definition) is 1. The first kappa shape index (κ1) is 23.3. The Morgan fingerprint density at radius 2 is 2.00 bits per heavy atom. The number of cyclic esters (lactones) is 1. The molecule has 182 valence electrons. The molecule has 2 aliphatic heterocycles. The molecule has 0 spiro atoms. The third kappa shape index (κ3) is 3.48. The van der Waals surface area contributed by atoms with Crippen LogP contribution in [0.15, 0.2) is 35.1 Å². The van der Waals surface area contributed by atoms with Gasteiger partial charge in [0, 0.05) is 34.9 Å². The van der Waals surface area contributed by atoms with E-state index in [-0.39, 0.29) is 77.2 Å². The highest BCUT2D eigenvalue weighted by Gasteiger charge is 2.46. The summed E-state index contributed by atoms with van der Waals surface area (Å²) in [6.45, 7) is 2.55. The number of para-hydroxylation sites is 1. The van der Waals surface area contributed by atoms with Crippen molar-refractivity contribution in [2.24, 2.45) is 0 Å². The molecule has 2 aromatic heterocycles. The average Bonchev–Trinajstić information content (AvgIpc) is 3.18. The van der Waals surface area contributed by atoms with E-state index in [1.807, 2.05) is 0 Å². The van der Waals surface area contributed by atoms with Crippen molar-refractivity contribution in [1.29, 1.82) is 0 Å². The zero-order chi connectivity index (χ0) is 25.1. The molecule has 0 amide bonds. The standard InChI is InChI=1S/C26H24F2N2O5/c1-3-25(34)18-11-20-22-16(12-30(20)23(32)17(18)13-35-24(25)33)21(15-8-4-5-9-19(15)29-22)26(27,28)10-6-7-14(2)31/h4-5,8-9,11,34H,3,6-7,10,12-13H2,1-2H3. The summed E-state index contributed by atoms with van der Waals surface area (Å²) in [4.78, 5) is 41.7. The highest BCUT2D eigenvalue weighted by atomic mass is 19.3. The van der Waals surface area contributed by atoms with E-state index < -0.39 is 29.5 Å². The number of carbonyl (C=O) groups excluding carboxylic acids is 2. The predicted octanol–water partition coefficient (Wildman–Crippen LogP) is 3.93. The van der Waals surface area contributed by atoms with E-state index in [0.717, 1.165) is 0 Å². The van der Waals surface area contributed by atoms with E-state index in [4.69, 9.17) is 4.74 Å². The maximum absolute atomic E-state index is 15.7. The van der Waals surface area contributed by atoms with E-state index in [1.165, 1.54) is 17.6 Å². The van der Waals surface area contributed by atoms with Gasteiger partial charge in [0.25, 0.3) is 11.5 Å². The van der Waals surface area contributed by atoms with Gasteiger partial charge in [-0.05, 0) is 31.9 Å². The summed E-state index contributed by atoms with van der Waals surface area (Å²) < 4.78 is 37.8. The summed E-state index contributed by atoms with van der Waals surface area (Å²) in [5.74, 6) is -4.27. The highest BCUT2D eigenvalue weighted by Crippen LogP contribution is 2.46. The fraction of sp³-hybridized carbons (Fsp3) is 0.385. The Morgan fingerprint density at radius 1 is 1.26 bits per heavy atom. The summed E-state index contributed by atoms with van der Waals surface area (Å²) in [6.07, 6.45) is -0.458. The third-order valence-corrected chi connectivity index (χ3v) is 6.98. The summed E-state index contributed by atoms with van der Waals surface area (Å²) >= 11 is 0. The minimum atomic E-state index is -3.27. The van der Waals surface area contributed by atoms with Crippen LogP contribution in [-0.2, 0) is 39.0 Å². The van der Waals surface area contributed by atoms with Crippen molar-refractivity contribution in [3.8, 4) is 11.4 Å². The molecule has 35 heavy (non-hydrogen) atoms. The van der Waals surface area contributed by atoms with Crippen LogP contribution in [-0.4, -0.2) is 26.4 Å². The minimum Gasteiger partial charge on any atom is -0.458 e. The molecule has 4 heterocycles. The molecule has 0 radical (unpaired) electrons. The van der Waals surface area contributed by atoms with Gasteiger partial charge < -0.3 is 19.2 Å². The average molecular weight is 482 g/mol. The van der Waals surface area contributed by atoms with Crippen molar-refractivity contribution in [2.45, 2.75) is 64.2 Å². The zero-order valence-electron chi connectivity index (χ0n) is 19.4. The van der Waals surface area contributed by atoms with Gasteiger partial charge in [0.2, 0.25) is 0 Å². The lowest BCUT2D eigenvalue weighted by Crippen LogP contribution is -2.44. The van der Waals surface area contributed by atoms with E-state index in [2.05, 4.69) is 4.98 Å². The van der Waals surface area contributed by atoms with Gasteiger partial charge in [0.1, 0.15) is 12.4 Å². The molecule has 7 nitrogen and oxygen atoms in total. The molecule has 1 atom stereocenters. The molecule has 9 heteroatoms. The van der Waals surface area contributed by atoms with Crippen LogP contribution in [0.5, 0.6) is 0 Å². The maximum Gasteiger partial charge on any atom is 0.343 e. The fourth-order valence-corrected chi connectivity index (χ4v) is 5.13. The van der Waals surface area contributed by atoms with E-state index in [1.54, 1.807) is 31.2 Å². The van der Waals surface area contributed by atoms with Crippen molar-refractivity contribution in [2.75, 3.05) is 0 Å². The van der Waals surface area contributed by atoms with Crippen LogP contribution in [0.4, 0.5) is 8.78 Å². The number of esters is 1. The Bertz CT molecular complexity index is 1460. The first-order valence-electron chi connectivity index (χ1n) is 11.5. The van der Waals surface area contributed by atoms with E-state index in [9.17, 15) is 19.5 Å². The molecular formula is C26H24F2N2O5. The number of alkyl halides is 2. The van der Waals surface area contributed by atoms with Crippen LogP contribution in [0.3, 0.4) is 0 Å². The second-order valence-electron chi connectivity index (χ2n) is 9.19. The quantitative estimate of drug-likeness (QED) is 0.418. The normalized spacial score (nSPS) is 18.7. The van der Waals surface area contributed by atoms with Crippen molar-refractivity contribution in [3.63, 3.8) is 0 Å². The molecule has 5 rings (SSSR count). The topological polar surface area (TPSA) is 98.5 Å². The van der Waals surface area contributed by atoms with Crippen molar-refractivity contribution < 1.29 is 28.2 Å². The SMILES string of the molecule is CCC1(O)C(=O)OCc2c1cc1n(c2=O)Cc2c-1nc1ccccc1c2C(F)(F)CCCC(C)=O. The number of nitrogens with zero attached hydrogens (tertiary/aromatic N) is 2. The van der Waals surface area contributed by atoms with Crippen LogP contribution < -0.4 is 5.56 Å². The fourth-order valence-electron chi connectivity index (χ4n) is 5.13. The first-order chi connectivity index (χ1) is 16.6. The Morgan fingerprint density at radius 3 is 2.71 bits per heavy atom. The van der Waals surface area contributed by atoms with Gasteiger partial charge in [-0.1, -0.05) is 25.1 Å². The molecular weight excluding hydrogens is 458 g/mol. The Balaban J connectivity index is 1.75. The van der Waals surface area contributed by atoms with Gasteiger partial charge in [-0.2, -0.15) is 0 Å². The molecule has 1 unspecified atom stereocenters. The summed E-state index contributed by atoms with van der Waals surface area (Å²) in [5.41, 5.74) is -1.39. The van der Waals surface area contributed by atoms with Gasteiger partial charge in [-0.25, -0.2) is 18.6 Å². The van der Waals surface area contributed by atoms with Gasteiger partial charge in [0.15, 0.2) is 5.60 Å². The monoisotopic (exact) mass is 482 g/mol. The number of carbonyl (C=O) groups is 2. The number of halogens is 2. The summed E-state index contributed by atoms with van der Waals surface area (Å²) in [5, 5.41) is 11.3. The van der Waals surface area contributed by atoms with Gasteiger partial charge in [-0.3, -0.25) is 4.79 Å². The van der Waals surface area contributed by atoms with Gasteiger partial charge in [0.05, 0.1) is 29.0 Å². The number of ether oxygens (including phenoxy) is 1. The molecule has 1 N–H and O–H groups in total. The second-order valence-corrected chi connectivity index (χ2v) is 9.19. The van der Waals surface area contributed by atoms with Gasteiger partial charge in [-0.15, -0.1) is 0 Å². The highest BCUT2D eigenvalue weighted by molar-refractivity contribution is 5.89. The molecule has 0 saturated heterocycles. The maximum atomic E-state index is 15.7. The predicted molar refractivity (Wildman–Crippen MR) is 123 cm³/mol. The van der Waals surface area contributed by atoms with E-state index in [0.29, 0.717) is 5.52 Å². The number of aromatic nitrogens is 2. The third-order valence-electron chi connectivity index (χ3n) is 6.98. The number of aliphatic hydroxyl groups is 1. The molecule has 3 aromatic rings. The van der Waals surface area contributed by atoms with E-state index >= 15 is 8.78 Å². The second kappa shape index (κ2) is 8.05. The summed E-state index contributed by atoms with van der Waals surface area (Å²) in [6, 6.07) is 8.06. The molecule has 0 fully saturated rings. The van der Waals surface area contributed by atoms with Crippen LogP contribution >= 0.6 is 0 Å². The lowest BCUT2D eigenvalue weighted by atomic mass is 9.86. The Hall–Kier alpha value is -3.46. The molecule has 0 bridgehead atoms. The number of ketones is 1. The van der Waals surface area contributed by atoms with Crippen molar-refractivity contribution in [3.05, 3.63) is 62.9 Å². The van der Waals surface area contributed by atoms with Crippen molar-refractivity contribution >= 4 is 22.7 Å².